The molecule has 4 nitrogen and oxygen atoms in total. The molecule has 0 bridgehead atoms. The SMILES string of the molecule is CCOC(=O)Cc1cccc(Oc2ccccc2C#N)c1. The Balaban J connectivity index is 2.14. The molecule has 106 valence electrons. The highest BCUT2D eigenvalue weighted by Crippen LogP contribution is 2.25. The monoisotopic (exact) mass is 281 g/mol. The Bertz CT molecular complexity index is 674. The van der Waals surface area contributed by atoms with Gasteiger partial charge in [-0.2, -0.15) is 5.26 Å². The van der Waals surface area contributed by atoms with Crippen LogP contribution in [0.15, 0.2) is 48.5 Å². The third-order valence-electron chi connectivity index (χ3n) is 2.79. The van der Waals surface area contributed by atoms with E-state index in [4.69, 9.17) is 14.7 Å². The molecular weight excluding hydrogens is 266 g/mol. The first-order valence-corrected chi connectivity index (χ1v) is 6.64. The predicted molar refractivity (Wildman–Crippen MR) is 78.0 cm³/mol. The maximum Gasteiger partial charge on any atom is 0.310 e. The quantitative estimate of drug-likeness (QED) is 0.787. The number of hydrogen-bond acceptors (Lipinski definition) is 4. The lowest BCUT2D eigenvalue weighted by Gasteiger charge is -2.08. The van der Waals surface area contributed by atoms with Crippen molar-refractivity contribution in [2.45, 2.75) is 13.3 Å². The van der Waals surface area contributed by atoms with Crippen LogP contribution >= 0.6 is 0 Å². The summed E-state index contributed by atoms with van der Waals surface area (Å²) in [7, 11) is 0. The van der Waals surface area contributed by atoms with E-state index in [1.807, 2.05) is 6.07 Å². The molecule has 0 atom stereocenters. The number of rotatable bonds is 5. The fourth-order valence-electron chi connectivity index (χ4n) is 1.87. The molecule has 0 aliphatic heterocycles. The second-order valence-electron chi connectivity index (χ2n) is 4.34. The number of benzene rings is 2. The smallest absolute Gasteiger partial charge is 0.310 e. The van der Waals surface area contributed by atoms with Gasteiger partial charge in [0.05, 0.1) is 18.6 Å². The number of nitriles is 1. The van der Waals surface area contributed by atoms with Crippen molar-refractivity contribution in [2.75, 3.05) is 6.61 Å². The molecule has 0 unspecified atom stereocenters. The van der Waals surface area contributed by atoms with Gasteiger partial charge in [-0.3, -0.25) is 4.79 Å². The number of para-hydroxylation sites is 1. The summed E-state index contributed by atoms with van der Waals surface area (Å²) in [6, 6.07) is 16.3. The molecule has 0 spiro atoms. The van der Waals surface area contributed by atoms with Gasteiger partial charge in [-0.1, -0.05) is 24.3 Å². The first-order chi connectivity index (χ1) is 10.2. The van der Waals surface area contributed by atoms with Crippen LogP contribution in [-0.2, 0) is 16.0 Å². The van der Waals surface area contributed by atoms with E-state index in [-0.39, 0.29) is 12.4 Å². The Morgan fingerprint density at radius 3 is 2.76 bits per heavy atom. The maximum absolute atomic E-state index is 11.5. The van der Waals surface area contributed by atoms with Crippen molar-refractivity contribution in [3.05, 3.63) is 59.7 Å². The molecule has 0 aliphatic rings. The minimum Gasteiger partial charge on any atom is -0.466 e. The van der Waals surface area contributed by atoms with Crippen molar-refractivity contribution in [1.82, 2.24) is 0 Å². The van der Waals surface area contributed by atoms with E-state index in [0.717, 1.165) is 5.56 Å². The lowest BCUT2D eigenvalue weighted by Crippen LogP contribution is -2.07. The van der Waals surface area contributed by atoms with Gasteiger partial charge in [0, 0.05) is 0 Å². The van der Waals surface area contributed by atoms with Gasteiger partial charge in [-0.25, -0.2) is 0 Å². The molecule has 0 heterocycles. The molecule has 0 saturated heterocycles. The molecule has 2 aromatic rings. The maximum atomic E-state index is 11.5. The topological polar surface area (TPSA) is 59.3 Å². The van der Waals surface area contributed by atoms with E-state index in [1.165, 1.54) is 0 Å². The fourth-order valence-corrected chi connectivity index (χ4v) is 1.87. The molecule has 21 heavy (non-hydrogen) atoms. The Morgan fingerprint density at radius 2 is 2.00 bits per heavy atom. The van der Waals surface area contributed by atoms with E-state index in [2.05, 4.69) is 6.07 Å². The van der Waals surface area contributed by atoms with Crippen molar-refractivity contribution >= 4 is 5.97 Å². The highest BCUT2D eigenvalue weighted by atomic mass is 16.5. The summed E-state index contributed by atoms with van der Waals surface area (Å²) in [6.07, 6.45) is 0.199. The van der Waals surface area contributed by atoms with Gasteiger partial charge >= 0.3 is 5.97 Å². The van der Waals surface area contributed by atoms with E-state index in [1.54, 1.807) is 49.4 Å². The molecule has 0 fully saturated rings. The van der Waals surface area contributed by atoms with E-state index in [9.17, 15) is 4.79 Å². The largest absolute Gasteiger partial charge is 0.466 e. The van der Waals surface area contributed by atoms with Crippen LogP contribution < -0.4 is 4.74 Å². The van der Waals surface area contributed by atoms with Gasteiger partial charge in [0.15, 0.2) is 0 Å². The first kappa shape index (κ1) is 14.6. The summed E-state index contributed by atoms with van der Waals surface area (Å²) in [6.45, 7) is 2.14. The number of hydrogen-bond donors (Lipinski definition) is 0. The van der Waals surface area contributed by atoms with Crippen LogP contribution in [0.4, 0.5) is 0 Å². The van der Waals surface area contributed by atoms with Crippen LogP contribution in [-0.4, -0.2) is 12.6 Å². The molecular formula is C17H15NO3. The first-order valence-electron chi connectivity index (χ1n) is 6.64. The standard InChI is InChI=1S/C17H15NO3/c1-2-20-17(19)11-13-6-5-8-15(10-13)21-16-9-4-3-7-14(16)12-18/h3-10H,2,11H2,1H3. The van der Waals surface area contributed by atoms with Crippen molar-refractivity contribution in [3.63, 3.8) is 0 Å². The molecule has 0 aromatic heterocycles. The van der Waals surface area contributed by atoms with Crippen LogP contribution in [0.1, 0.15) is 18.1 Å². The van der Waals surface area contributed by atoms with Gasteiger partial charge in [0.25, 0.3) is 0 Å². The zero-order chi connectivity index (χ0) is 15.1. The highest BCUT2D eigenvalue weighted by molar-refractivity contribution is 5.72. The van der Waals surface area contributed by atoms with E-state index < -0.39 is 0 Å². The Kier molecular flexibility index (Phi) is 4.94. The summed E-state index contributed by atoms with van der Waals surface area (Å²) in [5.41, 5.74) is 1.27. The molecule has 4 heteroatoms. The number of carbonyl (C=O) groups is 1. The van der Waals surface area contributed by atoms with Gasteiger partial charge in [0.1, 0.15) is 17.6 Å². The molecule has 2 rings (SSSR count). The lowest BCUT2D eigenvalue weighted by atomic mass is 10.1. The average Bonchev–Trinajstić information content (AvgIpc) is 2.48. The molecule has 0 aliphatic carbocycles. The lowest BCUT2D eigenvalue weighted by molar-refractivity contribution is -0.142. The highest BCUT2D eigenvalue weighted by Gasteiger charge is 2.07. The van der Waals surface area contributed by atoms with Crippen LogP contribution in [0.5, 0.6) is 11.5 Å². The van der Waals surface area contributed by atoms with Crippen molar-refractivity contribution in [1.29, 1.82) is 5.26 Å². The number of nitrogens with zero attached hydrogens (tertiary/aromatic N) is 1. The van der Waals surface area contributed by atoms with Gasteiger partial charge < -0.3 is 9.47 Å². The van der Waals surface area contributed by atoms with Gasteiger partial charge in [-0.15, -0.1) is 0 Å². The van der Waals surface area contributed by atoms with Gasteiger partial charge in [0.2, 0.25) is 0 Å². The zero-order valence-electron chi connectivity index (χ0n) is 11.7. The summed E-state index contributed by atoms with van der Waals surface area (Å²) in [4.78, 5) is 11.5. The van der Waals surface area contributed by atoms with Crippen molar-refractivity contribution in [3.8, 4) is 17.6 Å². The number of carbonyl (C=O) groups excluding carboxylic acids is 1. The minimum absolute atomic E-state index is 0.199. The predicted octanol–water partition coefficient (Wildman–Crippen LogP) is 3.46. The van der Waals surface area contributed by atoms with Crippen LogP contribution in [0.2, 0.25) is 0 Å². The Labute approximate surface area is 123 Å². The summed E-state index contributed by atoms with van der Waals surface area (Å²) in [5, 5.41) is 9.04. The fraction of sp³-hybridized carbons (Fsp3) is 0.176. The Hall–Kier alpha value is -2.80. The zero-order valence-corrected chi connectivity index (χ0v) is 11.7. The van der Waals surface area contributed by atoms with Crippen LogP contribution in [0.25, 0.3) is 0 Å². The molecule has 0 radical (unpaired) electrons. The average molecular weight is 281 g/mol. The minimum atomic E-state index is -0.271. The normalized spacial score (nSPS) is 9.71. The third-order valence-corrected chi connectivity index (χ3v) is 2.79. The second-order valence-corrected chi connectivity index (χ2v) is 4.34. The van der Waals surface area contributed by atoms with Crippen LogP contribution in [0, 0.1) is 11.3 Å². The second kappa shape index (κ2) is 7.11. The van der Waals surface area contributed by atoms with Crippen molar-refractivity contribution < 1.29 is 14.3 Å². The van der Waals surface area contributed by atoms with E-state index in [0.29, 0.717) is 23.7 Å². The Morgan fingerprint density at radius 1 is 1.19 bits per heavy atom. The summed E-state index contributed by atoms with van der Waals surface area (Å²) in [5.74, 6) is 0.805. The summed E-state index contributed by atoms with van der Waals surface area (Å²) >= 11 is 0. The molecule has 0 N–H and O–H groups in total. The third kappa shape index (κ3) is 4.08. The molecule has 2 aromatic carbocycles. The molecule has 0 saturated carbocycles. The van der Waals surface area contributed by atoms with Crippen LogP contribution in [0.3, 0.4) is 0 Å². The number of esters is 1. The van der Waals surface area contributed by atoms with Crippen molar-refractivity contribution in [2.24, 2.45) is 0 Å². The number of ether oxygens (including phenoxy) is 2. The molecule has 0 amide bonds. The van der Waals surface area contributed by atoms with E-state index >= 15 is 0 Å². The summed E-state index contributed by atoms with van der Waals surface area (Å²) < 4.78 is 10.6. The van der Waals surface area contributed by atoms with Gasteiger partial charge in [-0.05, 0) is 36.8 Å².